The number of hydrogen-bond donors (Lipinski definition) is 0. The minimum Gasteiger partial charge on any atom is -0.466 e. The molecule has 0 spiro atoms. The number of carbonyl (C=O) groups is 1. The van der Waals surface area contributed by atoms with Gasteiger partial charge in [-0.1, -0.05) is 0 Å². The molecule has 0 aliphatic carbocycles. The highest BCUT2D eigenvalue weighted by atomic mass is 19.3. The van der Waals surface area contributed by atoms with Crippen LogP contribution in [0.1, 0.15) is 34.3 Å². The van der Waals surface area contributed by atoms with Crippen molar-refractivity contribution >= 4 is 5.91 Å². The Morgan fingerprint density at radius 3 is 2.75 bits per heavy atom. The van der Waals surface area contributed by atoms with Gasteiger partial charge in [-0.2, -0.15) is 8.78 Å². The monoisotopic (exact) mass is 283 g/mol. The highest BCUT2D eigenvalue weighted by Gasteiger charge is 2.20. The van der Waals surface area contributed by atoms with Crippen molar-refractivity contribution in [2.45, 2.75) is 26.9 Å². The predicted octanol–water partition coefficient (Wildman–Crippen LogP) is 2.76. The molecule has 20 heavy (non-hydrogen) atoms. The summed E-state index contributed by atoms with van der Waals surface area (Å²) in [6.07, 6.45) is 2.47. The van der Waals surface area contributed by atoms with Crippen LogP contribution in [0.4, 0.5) is 8.78 Å². The second-order valence-electron chi connectivity index (χ2n) is 4.52. The lowest BCUT2D eigenvalue weighted by molar-refractivity contribution is 0.0612. The fourth-order valence-electron chi connectivity index (χ4n) is 1.98. The van der Waals surface area contributed by atoms with Crippen LogP contribution >= 0.6 is 0 Å². The van der Waals surface area contributed by atoms with Gasteiger partial charge in [-0.15, -0.1) is 0 Å². The summed E-state index contributed by atoms with van der Waals surface area (Å²) in [6, 6.07) is 1.63. The van der Waals surface area contributed by atoms with Gasteiger partial charge in [-0.05, 0) is 19.9 Å². The second-order valence-corrected chi connectivity index (χ2v) is 4.52. The van der Waals surface area contributed by atoms with Crippen LogP contribution in [0, 0.1) is 13.8 Å². The lowest BCUT2D eigenvalue weighted by Gasteiger charge is -2.17. The molecule has 1 amide bonds. The molecular weight excluding hydrogens is 268 g/mol. The van der Waals surface area contributed by atoms with Gasteiger partial charge in [0, 0.05) is 19.4 Å². The van der Waals surface area contributed by atoms with Crippen LogP contribution in [-0.2, 0) is 6.54 Å². The third-order valence-electron chi connectivity index (χ3n) is 2.96. The van der Waals surface area contributed by atoms with Crippen LogP contribution in [-0.4, -0.2) is 27.4 Å². The molecule has 2 rings (SSSR count). The van der Waals surface area contributed by atoms with E-state index in [4.69, 9.17) is 4.42 Å². The molecule has 0 bridgehead atoms. The predicted molar refractivity (Wildman–Crippen MR) is 67.5 cm³/mol. The van der Waals surface area contributed by atoms with E-state index in [1.165, 1.54) is 24.3 Å². The third-order valence-corrected chi connectivity index (χ3v) is 2.96. The lowest BCUT2D eigenvalue weighted by atomic mass is 10.2. The summed E-state index contributed by atoms with van der Waals surface area (Å²) in [4.78, 5) is 17.4. The largest absolute Gasteiger partial charge is 0.466 e. The highest BCUT2D eigenvalue weighted by molar-refractivity contribution is 5.95. The molecule has 108 valence electrons. The van der Waals surface area contributed by atoms with Crippen molar-refractivity contribution in [3.8, 4) is 0 Å². The highest BCUT2D eigenvalue weighted by Crippen LogP contribution is 2.18. The van der Waals surface area contributed by atoms with Crippen LogP contribution in [0.25, 0.3) is 0 Å². The minimum absolute atomic E-state index is 0.000158. The maximum atomic E-state index is 12.7. The maximum Gasteiger partial charge on any atom is 0.319 e. The molecular formula is C13H15F2N3O2. The third kappa shape index (κ3) is 2.71. The van der Waals surface area contributed by atoms with Gasteiger partial charge in [0.05, 0.1) is 12.1 Å². The van der Waals surface area contributed by atoms with E-state index in [1.54, 1.807) is 19.9 Å². The fourth-order valence-corrected chi connectivity index (χ4v) is 1.98. The Hall–Kier alpha value is -2.18. The molecule has 5 nitrogen and oxygen atoms in total. The van der Waals surface area contributed by atoms with Crippen molar-refractivity contribution < 1.29 is 18.0 Å². The van der Waals surface area contributed by atoms with Gasteiger partial charge in [0.1, 0.15) is 17.3 Å². The number of imidazole rings is 1. The van der Waals surface area contributed by atoms with Crippen molar-refractivity contribution in [3.05, 3.63) is 41.4 Å². The molecule has 0 N–H and O–H groups in total. The van der Waals surface area contributed by atoms with E-state index in [2.05, 4.69) is 4.98 Å². The van der Waals surface area contributed by atoms with Crippen molar-refractivity contribution in [3.63, 3.8) is 0 Å². The molecule has 0 aromatic carbocycles. The molecule has 0 aliphatic heterocycles. The van der Waals surface area contributed by atoms with Crippen LogP contribution in [0.2, 0.25) is 0 Å². The molecule has 2 aromatic heterocycles. The number of aromatic nitrogens is 2. The van der Waals surface area contributed by atoms with Gasteiger partial charge in [0.25, 0.3) is 5.91 Å². The van der Waals surface area contributed by atoms with Crippen molar-refractivity contribution in [1.82, 2.24) is 14.5 Å². The van der Waals surface area contributed by atoms with Crippen LogP contribution in [0.3, 0.4) is 0 Å². The molecule has 0 aliphatic rings. The molecule has 2 heterocycles. The molecule has 0 unspecified atom stereocenters. The average molecular weight is 283 g/mol. The molecule has 0 fully saturated rings. The topological polar surface area (TPSA) is 51.3 Å². The molecule has 0 saturated heterocycles. The van der Waals surface area contributed by atoms with E-state index >= 15 is 0 Å². The Morgan fingerprint density at radius 2 is 2.20 bits per heavy atom. The standard InChI is InChI=1S/C13H15F2N3O2/c1-8-6-10(9(2)20-8)12(19)17(3)7-11-16-4-5-18(11)13(14)15/h4-6,13H,7H2,1-3H3. The number of rotatable bonds is 4. The van der Waals surface area contributed by atoms with Gasteiger partial charge in [-0.25, -0.2) is 4.98 Å². The van der Waals surface area contributed by atoms with E-state index in [1.807, 2.05) is 0 Å². The van der Waals surface area contributed by atoms with Crippen molar-refractivity contribution in [2.75, 3.05) is 7.05 Å². The Kier molecular flexibility index (Phi) is 3.87. The smallest absolute Gasteiger partial charge is 0.319 e. The van der Waals surface area contributed by atoms with Gasteiger partial charge >= 0.3 is 6.55 Å². The number of alkyl halides is 2. The van der Waals surface area contributed by atoms with E-state index in [9.17, 15) is 13.6 Å². The molecule has 0 radical (unpaired) electrons. The lowest BCUT2D eigenvalue weighted by Crippen LogP contribution is -2.28. The quantitative estimate of drug-likeness (QED) is 0.867. The zero-order valence-electron chi connectivity index (χ0n) is 11.4. The number of hydrogen-bond acceptors (Lipinski definition) is 3. The van der Waals surface area contributed by atoms with Crippen LogP contribution in [0.15, 0.2) is 22.9 Å². The van der Waals surface area contributed by atoms with Gasteiger partial charge in [0.15, 0.2) is 0 Å². The number of carbonyl (C=O) groups excluding carboxylic acids is 1. The van der Waals surface area contributed by atoms with Crippen LogP contribution < -0.4 is 0 Å². The SMILES string of the molecule is Cc1cc(C(=O)N(C)Cc2nccn2C(F)F)c(C)o1. The van der Waals surface area contributed by atoms with Gasteiger partial charge < -0.3 is 9.32 Å². The molecule has 0 saturated carbocycles. The molecule has 0 atom stereocenters. The summed E-state index contributed by atoms with van der Waals surface area (Å²) in [6.45, 7) is 0.760. The number of nitrogens with zero attached hydrogens (tertiary/aromatic N) is 3. The summed E-state index contributed by atoms with van der Waals surface area (Å²) in [7, 11) is 1.54. The zero-order valence-corrected chi connectivity index (χ0v) is 11.4. The maximum absolute atomic E-state index is 12.7. The Balaban J connectivity index is 2.16. The number of halogens is 2. The summed E-state index contributed by atoms with van der Waals surface area (Å²) >= 11 is 0. The Labute approximate surface area is 114 Å². The van der Waals surface area contributed by atoms with Crippen molar-refractivity contribution in [1.29, 1.82) is 0 Å². The molecule has 2 aromatic rings. The normalized spacial score (nSPS) is 11.1. The summed E-state index contributed by atoms with van der Waals surface area (Å²) < 4.78 is 31.4. The zero-order chi connectivity index (χ0) is 14.9. The van der Waals surface area contributed by atoms with Crippen LogP contribution in [0.5, 0.6) is 0 Å². The first-order valence-corrected chi connectivity index (χ1v) is 6.02. The summed E-state index contributed by atoms with van der Waals surface area (Å²) in [5, 5.41) is 0. The second kappa shape index (κ2) is 5.44. The summed E-state index contributed by atoms with van der Waals surface area (Å²) in [5.41, 5.74) is 0.431. The summed E-state index contributed by atoms with van der Waals surface area (Å²) in [5.74, 6) is 0.988. The van der Waals surface area contributed by atoms with Gasteiger partial charge in [0.2, 0.25) is 0 Å². The number of amides is 1. The van der Waals surface area contributed by atoms with Gasteiger partial charge in [-0.3, -0.25) is 9.36 Å². The number of aryl methyl sites for hydroxylation is 2. The number of furan rings is 1. The molecule has 7 heteroatoms. The van der Waals surface area contributed by atoms with E-state index < -0.39 is 6.55 Å². The average Bonchev–Trinajstić information content (AvgIpc) is 2.94. The first-order chi connectivity index (χ1) is 9.40. The van der Waals surface area contributed by atoms with E-state index in [-0.39, 0.29) is 18.3 Å². The Bertz CT molecular complexity index is 619. The first-order valence-electron chi connectivity index (χ1n) is 6.02. The van der Waals surface area contributed by atoms with E-state index in [0.717, 1.165) is 4.57 Å². The first kappa shape index (κ1) is 14.2. The van der Waals surface area contributed by atoms with E-state index in [0.29, 0.717) is 17.1 Å². The minimum atomic E-state index is -2.67. The fraction of sp³-hybridized carbons (Fsp3) is 0.385. The Morgan fingerprint density at radius 1 is 1.50 bits per heavy atom. The van der Waals surface area contributed by atoms with Crippen molar-refractivity contribution in [2.24, 2.45) is 0 Å².